The predicted octanol–water partition coefficient (Wildman–Crippen LogP) is 0.0776. The van der Waals surface area contributed by atoms with Crippen molar-refractivity contribution in [3.05, 3.63) is 23.8 Å². The van der Waals surface area contributed by atoms with E-state index in [0.717, 1.165) is 5.56 Å². The molecule has 0 aliphatic rings. The van der Waals surface area contributed by atoms with Crippen LogP contribution in [0.1, 0.15) is 5.56 Å². The Kier molecular flexibility index (Phi) is 6.76. The lowest BCUT2D eigenvalue weighted by Crippen LogP contribution is -2.30. The van der Waals surface area contributed by atoms with Gasteiger partial charge in [-0.3, -0.25) is 4.79 Å². The molecular weight excluding hydrogens is 294 g/mol. The van der Waals surface area contributed by atoms with E-state index in [1.54, 1.807) is 20.1 Å². The van der Waals surface area contributed by atoms with Gasteiger partial charge in [0.1, 0.15) is 0 Å². The van der Waals surface area contributed by atoms with Gasteiger partial charge in [0.05, 0.1) is 18.0 Å². The van der Waals surface area contributed by atoms with E-state index in [2.05, 4.69) is 15.4 Å². The molecule has 0 aliphatic carbocycles. The van der Waals surface area contributed by atoms with E-state index < -0.39 is 10.0 Å². The van der Waals surface area contributed by atoms with Gasteiger partial charge in [-0.15, -0.1) is 0 Å². The summed E-state index contributed by atoms with van der Waals surface area (Å²) in [6, 6.07) is 4.58. The lowest BCUT2D eigenvalue weighted by molar-refractivity contribution is -0.115. The summed E-state index contributed by atoms with van der Waals surface area (Å²) in [5.41, 5.74) is 1.26. The van der Waals surface area contributed by atoms with Crippen molar-refractivity contribution in [2.45, 2.75) is 11.8 Å². The third kappa shape index (κ3) is 5.43. The van der Waals surface area contributed by atoms with Crippen molar-refractivity contribution in [1.29, 1.82) is 0 Å². The number of nitrogens with one attached hydrogen (secondary N) is 3. The minimum absolute atomic E-state index is 0.109. The Balaban J connectivity index is 2.74. The topological polar surface area (TPSA) is 96.5 Å². The Labute approximate surface area is 125 Å². The number of rotatable bonds is 8. The zero-order valence-electron chi connectivity index (χ0n) is 12.4. The first kappa shape index (κ1) is 17.6. The largest absolute Gasteiger partial charge is 0.383 e. The molecule has 0 aromatic heterocycles. The van der Waals surface area contributed by atoms with E-state index in [1.165, 1.54) is 19.2 Å². The van der Waals surface area contributed by atoms with E-state index in [-0.39, 0.29) is 17.3 Å². The zero-order valence-corrected chi connectivity index (χ0v) is 13.2. The molecule has 3 N–H and O–H groups in total. The van der Waals surface area contributed by atoms with Crippen LogP contribution in [0.5, 0.6) is 0 Å². The summed E-state index contributed by atoms with van der Waals surface area (Å²) in [4.78, 5) is 11.9. The average molecular weight is 315 g/mol. The molecule has 0 heterocycles. The molecule has 0 saturated heterocycles. The van der Waals surface area contributed by atoms with Crippen LogP contribution in [0.4, 0.5) is 5.69 Å². The zero-order chi connectivity index (χ0) is 15.9. The lowest BCUT2D eigenvalue weighted by atomic mass is 10.2. The molecule has 0 saturated carbocycles. The van der Waals surface area contributed by atoms with Gasteiger partial charge in [0, 0.05) is 19.3 Å². The van der Waals surface area contributed by atoms with Crippen molar-refractivity contribution in [1.82, 2.24) is 10.0 Å². The number of ether oxygens (including phenoxy) is 1. The number of sulfonamides is 1. The smallest absolute Gasteiger partial charge is 0.240 e. The third-order valence-corrected chi connectivity index (χ3v) is 4.24. The fourth-order valence-corrected chi connectivity index (χ4v) is 2.35. The van der Waals surface area contributed by atoms with Gasteiger partial charge in [0.25, 0.3) is 0 Å². The number of carbonyl (C=O) groups is 1. The summed E-state index contributed by atoms with van der Waals surface area (Å²) in [6.45, 7) is 3.01. The Hall–Kier alpha value is -1.48. The van der Waals surface area contributed by atoms with E-state index in [4.69, 9.17) is 4.74 Å². The van der Waals surface area contributed by atoms with Gasteiger partial charge >= 0.3 is 0 Å². The quantitative estimate of drug-likeness (QED) is 0.590. The summed E-state index contributed by atoms with van der Waals surface area (Å²) < 4.78 is 30.6. The number of amides is 1. The second kappa shape index (κ2) is 8.08. The molecule has 118 valence electrons. The van der Waals surface area contributed by atoms with E-state index in [0.29, 0.717) is 18.8 Å². The molecule has 1 aromatic carbocycles. The molecule has 0 spiro atoms. The van der Waals surface area contributed by atoms with Crippen LogP contribution in [0.25, 0.3) is 0 Å². The van der Waals surface area contributed by atoms with E-state index in [9.17, 15) is 13.2 Å². The first-order chi connectivity index (χ1) is 9.90. The fraction of sp³-hybridized carbons (Fsp3) is 0.462. The summed E-state index contributed by atoms with van der Waals surface area (Å²) in [5, 5.41) is 5.60. The van der Waals surface area contributed by atoms with Crippen LogP contribution in [0.2, 0.25) is 0 Å². The van der Waals surface area contributed by atoms with Crippen LogP contribution in [0.15, 0.2) is 23.1 Å². The molecule has 8 heteroatoms. The van der Waals surface area contributed by atoms with Crippen molar-refractivity contribution in [2.24, 2.45) is 0 Å². The van der Waals surface area contributed by atoms with Gasteiger partial charge < -0.3 is 15.4 Å². The second-order valence-corrected chi connectivity index (χ2v) is 6.29. The number of benzene rings is 1. The van der Waals surface area contributed by atoms with Crippen LogP contribution >= 0.6 is 0 Å². The van der Waals surface area contributed by atoms with Crippen LogP contribution in [0, 0.1) is 6.92 Å². The van der Waals surface area contributed by atoms with Gasteiger partial charge in [-0.05, 0) is 31.7 Å². The Morgan fingerprint density at radius 1 is 1.33 bits per heavy atom. The van der Waals surface area contributed by atoms with Gasteiger partial charge in [0.15, 0.2) is 0 Å². The molecule has 0 fully saturated rings. The monoisotopic (exact) mass is 315 g/mol. The Morgan fingerprint density at radius 2 is 2.05 bits per heavy atom. The van der Waals surface area contributed by atoms with Gasteiger partial charge in [-0.1, -0.05) is 6.07 Å². The van der Waals surface area contributed by atoms with Crippen molar-refractivity contribution < 1.29 is 17.9 Å². The van der Waals surface area contributed by atoms with Crippen LogP contribution in [-0.2, 0) is 19.6 Å². The van der Waals surface area contributed by atoms with Crippen LogP contribution in [-0.4, -0.2) is 48.2 Å². The highest BCUT2D eigenvalue weighted by Crippen LogP contribution is 2.19. The molecule has 0 atom stereocenters. The molecule has 0 radical (unpaired) electrons. The van der Waals surface area contributed by atoms with Crippen molar-refractivity contribution in [2.75, 3.05) is 39.2 Å². The molecule has 0 bridgehead atoms. The Bertz CT molecular complexity index is 587. The summed E-state index contributed by atoms with van der Waals surface area (Å²) in [6.07, 6.45) is 0. The van der Waals surface area contributed by atoms with E-state index >= 15 is 0 Å². The summed E-state index contributed by atoms with van der Waals surface area (Å²) in [7, 11) is -0.608. The summed E-state index contributed by atoms with van der Waals surface area (Å²) >= 11 is 0. The van der Waals surface area contributed by atoms with Gasteiger partial charge in [-0.25, -0.2) is 13.1 Å². The molecule has 1 aromatic rings. The lowest BCUT2D eigenvalue weighted by Gasteiger charge is -2.11. The maximum absolute atomic E-state index is 11.8. The number of methoxy groups -OCH3 is 1. The summed E-state index contributed by atoms with van der Waals surface area (Å²) in [5.74, 6) is -0.242. The van der Waals surface area contributed by atoms with Crippen LogP contribution < -0.4 is 15.4 Å². The number of aryl methyl sites for hydroxylation is 1. The van der Waals surface area contributed by atoms with Crippen LogP contribution in [0.3, 0.4) is 0 Å². The standard InChI is InChI=1S/C13H21N3O4S/c1-10-4-5-11(21(18,19)14-2)8-12(10)16-13(17)9-15-6-7-20-3/h4-5,8,14-15H,6-7,9H2,1-3H3,(H,16,17). The Morgan fingerprint density at radius 3 is 2.67 bits per heavy atom. The molecule has 0 aliphatic heterocycles. The number of carbonyl (C=O) groups excluding carboxylic acids is 1. The molecule has 1 rings (SSSR count). The minimum Gasteiger partial charge on any atom is -0.383 e. The van der Waals surface area contributed by atoms with Crippen molar-refractivity contribution in [3.63, 3.8) is 0 Å². The minimum atomic E-state index is -3.53. The predicted molar refractivity (Wildman–Crippen MR) is 80.8 cm³/mol. The first-order valence-corrected chi connectivity index (χ1v) is 7.92. The van der Waals surface area contributed by atoms with E-state index in [1.807, 2.05) is 0 Å². The maximum Gasteiger partial charge on any atom is 0.240 e. The number of hydrogen-bond acceptors (Lipinski definition) is 5. The first-order valence-electron chi connectivity index (χ1n) is 6.44. The van der Waals surface area contributed by atoms with Gasteiger partial charge in [-0.2, -0.15) is 0 Å². The molecule has 21 heavy (non-hydrogen) atoms. The molecule has 1 amide bonds. The second-order valence-electron chi connectivity index (χ2n) is 4.40. The SMILES string of the molecule is CNS(=O)(=O)c1ccc(C)c(NC(=O)CNCCOC)c1. The van der Waals surface area contributed by atoms with Gasteiger partial charge in [0.2, 0.25) is 15.9 Å². The number of anilines is 1. The van der Waals surface area contributed by atoms with Crippen molar-refractivity contribution in [3.8, 4) is 0 Å². The highest BCUT2D eigenvalue weighted by Gasteiger charge is 2.13. The highest BCUT2D eigenvalue weighted by atomic mass is 32.2. The highest BCUT2D eigenvalue weighted by molar-refractivity contribution is 7.89. The third-order valence-electron chi connectivity index (χ3n) is 2.83. The molecule has 0 unspecified atom stereocenters. The van der Waals surface area contributed by atoms with Crippen molar-refractivity contribution >= 4 is 21.6 Å². The molecule has 7 nitrogen and oxygen atoms in total. The number of hydrogen-bond donors (Lipinski definition) is 3. The average Bonchev–Trinajstić information content (AvgIpc) is 2.46. The molecular formula is C13H21N3O4S. The normalized spacial score (nSPS) is 11.4. The maximum atomic E-state index is 11.8. The fourth-order valence-electron chi connectivity index (χ4n) is 1.59.